The molecule has 1 fully saturated rings. The maximum absolute atomic E-state index is 3.57. The molecule has 3 unspecified atom stereocenters. The molecule has 1 aromatic carbocycles. The number of para-hydroxylation sites is 1. The second kappa shape index (κ2) is 4.93. The summed E-state index contributed by atoms with van der Waals surface area (Å²) in [7, 11) is 0. The van der Waals surface area contributed by atoms with Gasteiger partial charge in [-0.15, -0.1) is 0 Å². The largest absolute Gasteiger partial charge is 0.368 e. The molecule has 0 aromatic heterocycles. The van der Waals surface area contributed by atoms with E-state index in [2.05, 4.69) is 48.3 Å². The number of benzene rings is 1. The Kier molecular flexibility index (Phi) is 3.29. The first-order chi connectivity index (χ1) is 8.75. The molecule has 1 N–H and O–H groups in total. The Morgan fingerprint density at radius 2 is 2.06 bits per heavy atom. The third-order valence-electron chi connectivity index (χ3n) is 4.78. The van der Waals surface area contributed by atoms with E-state index < -0.39 is 0 Å². The number of nitrogens with zero attached hydrogens (tertiary/aromatic N) is 1. The van der Waals surface area contributed by atoms with Crippen LogP contribution in [0.25, 0.3) is 0 Å². The molecule has 3 atom stereocenters. The van der Waals surface area contributed by atoms with Gasteiger partial charge in [0.05, 0.1) is 0 Å². The molecule has 0 amide bonds. The summed E-state index contributed by atoms with van der Waals surface area (Å²) in [4.78, 5) is 2.65. The summed E-state index contributed by atoms with van der Waals surface area (Å²) >= 11 is 0. The molecule has 1 saturated heterocycles. The Labute approximate surface area is 110 Å². The molecular formula is C16H24N2. The van der Waals surface area contributed by atoms with Crippen LogP contribution in [0.1, 0.15) is 32.3 Å². The van der Waals surface area contributed by atoms with Gasteiger partial charge in [0.2, 0.25) is 0 Å². The minimum absolute atomic E-state index is 0.672. The standard InChI is InChI=1S/C16H24N2/c1-12-7-8-14-5-3-4-6-16(14)18(12)11-15-9-10-17-13(15)2/h3-6,12-13,15,17H,7-11H2,1-2H3. The van der Waals surface area contributed by atoms with Crippen LogP contribution in [-0.4, -0.2) is 25.2 Å². The fraction of sp³-hybridized carbons (Fsp3) is 0.625. The van der Waals surface area contributed by atoms with Gasteiger partial charge >= 0.3 is 0 Å². The molecule has 0 radical (unpaired) electrons. The summed E-state index contributed by atoms with van der Waals surface area (Å²) < 4.78 is 0. The molecule has 1 aromatic rings. The Morgan fingerprint density at radius 1 is 1.22 bits per heavy atom. The van der Waals surface area contributed by atoms with E-state index >= 15 is 0 Å². The monoisotopic (exact) mass is 244 g/mol. The van der Waals surface area contributed by atoms with Gasteiger partial charge in [-0.05, 0) is 57.2 Å². The predicted molar refractivity (Wildman–Crippen MR) is 77.1 cm³/mol. The zero-order chi connectivity index (χ0) is 12.5. The third-order valence-corrected chi connectivity index (χ3v) is 4.78. The Morgan fingerprint density at radius 3 is 2.83 bits per heavy atom. The summed E-state index contributed by atoms with van der Waals surface area (Å²) in [5, 5.41) is 3.57. The molecule has 98 valence electrons. The average molecular weight is 244 g/mol. The quantitative estimate of drug-likeness (QED) is 0.860. The van der Waals surface area contributed by atoms with Crippen molar-refractivity contribution in [3.63, 3.8) is 0 Å². The molecule has 2 aliphatic heterocycles. The molecule has 3 rings (SSSR count). The van der Waals surface area contributed by atoms with Crippen molar-refractivity contribution in [2.75, 3.05) is 18.0 Å². The van der Waals surface area contributed by atoms with Crippen molar-refractivity contribution in [3.8, 4) is 0 Å². The van der Waals surface area contributed by atoms with Crippen LogP contribution in [0.3, 0.4) is 0 Å². The second-order valence-corrected chi connectivity index (χ2v) is 5.96. The van der Waals surface area contributed by atoms with Crippen molar-refractivity contribution in [2.45, 2.75) is 45.2 Å². The molecule has 18 heavy (non-hydrogen) atoms. The molecule has 0 spiro atoms. The highest BCUT2D eigenvalue weighted by molar-refractivity contribution is 5.56. The van der Waals surface area contributed by atoms with E-state index in [1.54, 1.807) is 0 Å². The first-order valence-electron chi connectivity index (χ1n) is 7.33. The van der Waals surface area contributed by atoms with Gasteiger partial charge in [-0.3, -0.25) is 0 Å². The highest BCUT2D eigenvalue weighted by Gasteiger charge is 2.29. The molecular weight excluding hydrogens is 220 g/mol. The van der Waals surface area contributed by atoms with Gasteiger partial charge in [-0.1, -0.05) is 18.2 Å². The summed E-state index contributed by atoms with van der Waals surface area (Å²) in [6.07, 6.45) is 3.87. The zero-order valence-electron chi connectivity index (χ0n) is 11.5. The van der Waals surface area contributed by atoms with Crippen molar-refractivity contribution >= 4 is 5.69 Å². The summed E-state index contributed by atoms with van der Waals surface area (Å²) in [5.74, 6) is 0.804. The molecule has 2 heterocycles. The average Bonchev–Trinajstić information content (AvgIpc) is 2.79. The normalized spacial score (nSPS) is 31.4. The van der Waals surface area contributed by atoms with Crippen LogP contribution in [0.5, 0.6) is 0 Å². The van der Waals surface area contributed by atoms with Crippen LogP contribution in [0.4, 0.5) is 5.69 Å². The fourth-order valence-corrected chi connectivity index (χ4v) is 3.45. The Bertz CT molecular complexity index is 415. The number of hydrogen-bond acceptors (Lipinski definition) is 2. The van der Waals surface area contributed by atoms with E-state index in [0.29, 0.717) is 12.1 Å². The number of nitrogens with one attached hydrogen (secondary N) is 1. The van der Waals surface area contributed by atoms with Crippen molar-refractivity contribution in [1.82, 2.24) is 5.32 Å². The number of aryl methyl sites for hydroxylation is 1. The van der Waals surface area contributed by atoms with Crippen molar-refractivity contribution < 1.29 is 0 Å². The third kappa shape index (κ3) is 2.14. The minimum atomic E-state index is 0.672. The summed E-state index contributed by atoms with van der Waals surface area (Å²) in [5.41, 5.74) is 3.02. The van der Waals surface area contributed by atoms with Crippen LogP contribution < -0.4 is 10.2 Å². The van der Waals surface area contributed by atoms with Gasteiger partial charge < -0.3 is 10.2 Å². The van der Waals surface area contributed by atoms with Crippen LogP contribution >= 0.6 is 0 Å². The molecule has 2 aliphatic rings. The van der Waals surface area contributed by atoms with Gasteiger partial charge in [-0.2, -0.15) is 0 Å². The summed E-state index contributed by atoms with van der Waals surface area (Å²) in [6, 6.07) is 10.3. The van der Waals surface area contributed by atoms with E-state index in [0.717, 1.165) is 5.92 Å². The highest BCUT2D eigenvalue weighted by atomic mass is 15.2. The minimum Gasteiger partial charge on any atom is -0.368 e. The van der Waals surface area contributed by atoms with Gasteiger partial charge in [0.15, 0.2) is 0 Å². The first kappa shape index (κ1) is 12.0. The van der Waals surface area contributed by atoms with Gasteiger partial charge in [-0.25, -0.2) is 0 Å². The van der Waals surface area contributed by atoms with Crippen LogP contribution in [-0.2, 0) is 6.42 Å². The number of hydrogen-bond donors (Lipinski definition) is 1. The molecule has 0 saturated carbocycles. The summed E-state index contributed by atoms with van der Waals surface area (Å²) in [6.45, 7) is 7.11. The maximum Gasteiger partial charge on any atom is 0.0401 e. The van der Waals surface area contributed by atoms with E-state index in [1.807, 2.05) is 0 Å². The highest BCUT2D eigenvalue weighted by Crippen LogP contribution is 2.32. The smallest absolute Gasteiger partial charge is 0.0401 e. The van der Waals surface area contributed by atoms with Gasteiger partial charge in [0.1, 0.15) is 0 Å². The molecule has 0 bridgehead atoms. The van der Waals surface area contributed by atoms with Crippen molar-refractivity contribution in [1.29, 1.82) is 0 Å². The van der Waals surface area contributed by atoms with E-state index in [-0.39, 0.29) is 0 Å². The van der Waals surface area contributed by atoms with Gasteiger partial charge in [0.25, 0.3) is 0 Å². The van der Waals surface area contributed by atoms with E-state index in [4.69, 9.17) is 0 Å². The molecule has 2 heteroatoms. The maximum atomic E-state index is 3.57. The number of fused-ring (bicyclic) bond motifs is 1. The lowest BCUT2D eigenvalue weighted by Crippen LogP contribution is -2.42. The number of rotatable bonds is 2. The van der Waals surface area contributed by atoms with Crippen molar-refractivity contribution in [3.05, 3.63) is 29.8 Å². The van der Waals surface area contributed by atoms with Crippen molar-refractivity contribution in [2.24, 2.45) is 5.92 Å². The van der Waals surface area contributed by atoms with Crippen LogP contribution in [0.15, 0.2) is 24.3 Å². The van der Waals surface area contributed by atoms with Gasteiger partial charge in [0, 0.05) is 24.3 Å². The first-order valence-corrected chi connectivity index (χ1v) is 7.33. The second-order valence-electron chi connectivity index (χ2n) is 5.96. The lowest BCUT2D eigenvalue weighted by Gasteiger charge is -2.39. The van der Waals surface area contributed by atoms with E-state index in [1.165, 1.54) is 43.6 Å². The van der Waals surface area contributed by atoms with Crippen LogP contribution in [0.2, 0.25) is 0 Å². The lowest BCUT2D eigenvalue weighted by molar-refractivity contribution is 0.436. The SMILES string of the molecule is CC1NCCC1CN1c2ccccc2CCC1C. The number of anilines is 1. The topological polar surface area (TPSA) is 15.3 Å². The molecule has 0 aliphatic carbocycles. The van der Waals surface area contributed by atoms with Crippen LogP contribution in [0, 0.1) is 5.92 Å². The predicted octanol–water partition coefficient (Wildman–Crippen LogP) is 2.83. The zero-order valence-corrected chi connectivity index (χ0v) is 11.5. The Balaban J connectivity index is 1.82. The lowest BCUT2D eigenvalue weighted by atomic mass is 9.93. The van der Waals surface area contributed by atoms with E-state index in [9.17, 15) is 0 Å². The fourth-order valence-electron chi connectivity index (χ4n) is 3.45. The molecule has 2 nitrogen and oxygen atoms in total. The Hall–Kier alpha value is -1.02.